The van der Waals surface area contributed by atoms with Crippen molar-refractivity contribution in [1.29, 1.82) is 0 Å². The third kappa shape index (κ3) is 2.86. The zero-order chi connectivity index (χ0) is 11.4. The summed E-state index contributed by atoms with van der Waals surface area (Å²) in [7, 11) is 0. The smallest absolute Gasteiger partial charge is 0.370 e. The zero-order valence-electron chi connectivity index (χ0n) is 7.16. The first-order valence-corrected chi connectivity index (χ1v) is 3.97. The summed E-state index contributed by atoms with van der Waals surface area (Å²) in [6.07, 6.45) is -1.22. The van der Waals surface area contributed by atoms with E-state index < -0.39 is 23.6 Å². The number of halogens is 2. The first kappa shape index (κ1) is 11.3. The molecular formula is C7H5ClFN3O3. The van der Waals surface area contributed by atoms with Gasteiger partial charge in [-0.25, -0.2) is 24.8 Å². The van der Waals surface area contributed by atoms with Crippen LogP contribution in [0.5, 0.6) is 0 Å². The molecule has 0 fully saturated rings. The normalized spacial score (nSPS) is 9.53. The minimum atomic E-state index is -1.28. The summed E-state index contributed by atoms with van der Waals surface area (Å²) >= 11 is 5.42. The van der Waals surface area contributed by atoms with Crippen LogP contribution in [0.4, 0.5) is 9.18 Å². The maximum atomic E-state index is 13.0. The Bertz CT molecular complexity index is 412. The number of nitrogens with one attached hydrogen (secondary N) is 1. The fraction of sp³-hybridized carbons (Fsp3) is 0. The van der Waals surface area contributed by atoms with E-state index in [4.69, 9.17) is 11.6 Å². The van der Waals surface area contributed by atoms with E-state index in [9.17, 15) is 14.0 Å². The Labute approximate surface area is 88.1 Å². The van der Waals surface area contributed by atoms with Gasteiger partial charge in [0.1, 0.15) is 5.15 Å². The number of esters is 1. The quantitative estimate of drug-likeness (QED) is 0.185. The number of aromatic nitrogens is 1. The van der Waals surface area contributed by atoms with Gasteiger partial charge in [0.25, 0.3) is 0 Å². The average Bonchev–Trinajstić information content (AvgIpc) is 2.21. The highest BCUT2D eigenvalue weighted by Crippen LogP contribution is 2.11. The Kier molecular flexibility index (Phi) is 3.53. The zero-order valence-corrected chi connectivity index (χ0v) is 7.92. The molecule has 0 atom stereocenters. The predicted octanol–water partition coefficient (Wildman–Crippen LogP) is 0.614. The summed E-state index contributed by atoms with van der Waals surface area (Å²) in [6, 6.07) is 2.07. The molecule has 0 radical (unpaired) electrons. The van der Waals surface area contributed by atoms with Crippen LogP contribution < -0.4 is 11.3 Å². The van der Waals surface area contributed by atoms with Gasteiger partial charge in [-0.3, -0.25) is 5.43 Å². The fourth-order valence-corrected chi connectivity index (χ4v) is 0.871. The van der Waals surface area contributed by atoms with Gasteiger partial charge in [-0.1, -0.05) is 11.6 Å². The highest BCUT2D eigenvalue weighted by Gasteiger charge is 2.18. The molecule has 0 aliphatic heterocycles. The number of ether oxygens (including phenoxy) is 1. The second-order valence-corrected chi connectivity index (χ2v) is 2.67. The lowest BCUT2D eigenvalue weighted by Crippen LogP contribution is -2.32. The van der Waals surface area contributed by atoms with Crippen LogP contribution in [0.25, 0.3) is 0 Å². The molecule has 1 amide bonds. The molecule has 0 unspecified atom stereocenters. The molecule has 6 nitrogen and oxygen atoms in total. The van der Waals surface area contributed by atoms with Gasteiger partial charge in [-0.15, -0.1) is 0 Å². The molecular weight excluding hydrogens is 229 g/mol. The summed E-state index contributed by atoms with van der Waals surface area (Å²) in [4.78, 5) is 25.0. The number of pyridine rings is 1. The van der Waals surface area contributed by atoms with E-state index in [0.717, 1.165) is 12.1 Å². The number of nitrogens with zero attached hydrogens (tertiary/aromatic N) is 1. The van der Waals surface area contributed by atoms with Crippen LogP contribution in [0, 0.1) is 5.82 Å². The van der Waals surface area contributed by atoms with Crippen molar-refractivity contribution in [1.82, 2.24) is 10.4 Å². The van der Waals surface area contributed by atoms with Crippen LogP contribution in [0.1, 0.15) is 10.5 Å². The van der Waals surface area contributed by atoms with E-state index >= 15 is 0 Å². The molecule has 0 saturated carbocycles. The number of rotatable bonds is 1. The molecule has 0 aromatic carbocycles. The monoisotopic (exact) mass is 233 g/mol. The number of carbonyl (C=O) groups is 2. The SMILES string of the molecule is NNC(=O)OC(=O)c1nc(Cl)ccc1F. The topological polar surface area (TPSA) is 94.3 Å². The number of amides is 1. The third-order valence-corrected chi connectivity index (χ3v) is 1.52. The summed E-state index contributed by atoms with van der Waals surface area (Å²) in [5.74, 6) is 2.42. The van der Waals surface area contributed by atoms with Crippen LogP contribution in [-0.2, 0) is 4.74 Å². The van der Waals surface area contributed by atoms with Gasteiger partial charge >= 0.3 is 12.1 Å². The number of hydrogen-bond acceptors (Lipinski definition) is 5. The predicted molar refractivity (Wildman–Crippen MR) is 47.3 cm³/mol. The van der Waals surface area contributed by atoms with Crippen molar-refractivity contribution in [2.45, 2.75) is 0 Å². The van der Waals surface area contributed by atoms with Crippen LogP contribution in [0.2, 0.25) is 5.15 Å². The first-order valence-electron chi connectivity index (χ1n) is 3.59. The molecule has 3 N–H and O–H groups in total. The maximum Gasteiger partial charge on any atom is 0.429 e. The van der Waals surface area contributed by atoms with E-state index in [0.29, 0.717) is 0 Å². The lowest BCUT2D eigenvalue weighted by Gasteiger charge is -2.02. The van der Waals surface area contributed by atoms with Crippen molar-refractivity contribution < 1.29 is 18.7 Å². The standard InChI is InChI=1S/C7H5ClFN3O3/c8-4-2-1-3(9)5(11-4)6(13)15-7(14)12-10/h1-2H,10H2,(H,12,14). The second-order valence-electron chi connectivity index (χ2n) is 2.29. The number of hydrazine groups is 1. The van der Waals surface area contributed by atoms with Crippen LogP contribution >= 0.6 is 11.6 Å². The minimum absolute atomic E-state index is 0.100. The largest absolute Gasteiger partial charge is 0.429 e. The number of nitrogens with two attached hydrogens (primary N) is 1. The molecule has 0 aliphatic carbocycles. The molecule has 0 saturated heterocycles. The van der Waals surface area contributed by atoms with Gasteiger partial charge in [-0.2, -0.15) is 0 Å². The Morgan fingerprint density at radius 3 is 2.80 bits per heavy atom. The van der Waals surface area contributed by atoms with Crippen molar-refractivity contribution in [3.8, 4) is 0 Å². The maximum absolute atomic E-state index is 13.0. The molecule has 0 aliphatic rings. The number of carbonyl (C=O) groups excluding carboxylic acids is 2. The van der Waals surface area contributed by atoms with Crippen molar-refractivity contribution in [2.75, 3.05) is 0 Å². The first-order chi connectivity index (χ1) is 7.04. The van der Waals surface area contributed by atoms with Crippen LogP contribution in [0.3, 0.4) is 0 Å². The second kappa shape index (κ2) is 4.67. The highest BCUT2D eigenvalue weighted by molar-refractivity contribution is 6.29. The Hall–Kier alpha value is -1.73. The van der Waals surface area contributed by atoms with E-state index in [1.807, 2.05) is 0 Å². The molecule has 15 heavy (non-hydrogen) atoms. The van der Waals surface area contributed by atoms with E-state index in [-0.39, 0.29) is 5.15 Å². The van der Waals surface area contributed by atoms with Gasteiger partial charge in [0.15, 0.2) is 11.5 Å². The van der Waals surface area contributed by atoms with Crippen molar-refractivity contribution >= 4 is 23.7 Å². The Morgan fingerprint density at radius 2 is 2.20 bits per heavy atom. The van der Waals surface area contributed by atoms with Crippen LogP contribution in [0.15, 0.2) is 12.1 Å². The van der Waals surface area contributed by atoms with Crippen molar-refractivity contribution in [3.63, 3.8) is 0 Å². The summed E-state index contributed by atoms with van der Waals surface area (Å²) in [6.45, 7) is 0. The van der Waals surface area contributed by atoms with Crippen molar-refractivity contribution in [3.05, 3.63) is 28.8 Å². The molecule has 8 heteroatoms. The lowest BCUT2D eigenvalue weighted by atomic mass is 10.3. The van der Waals surface area contributed by atoms with Crippen LogP contribution in [-0.4, -0.2) is 17.0 Å². The van der Waals surface area contributed by atoms with Gasteiger partial charge < -0.3 is 4.74 Å². The van der Waals surface area contributed by atoms with Crippen molar-refractivity contribution in [2.24, 2.45) is 5.84 Å². The van der Waals surface area contributed by atoms with E-state index in [1.54, 1.807) is 0 Å². The van der Waals surface area contributed by atoms with Gasteiger partial charge in [0, 0.05) is 0 Å². The van der Waals surface area contributed by atoms with E-state index in [2.05, 4.69) is 15.6 Å². The summed E-state index contributed by atoms with van der Waals surface area (Å²) in [5, 5.41) is -0.100. The summed E-state index contributed by atoms with van der Waals surface area (Å²) in [5.41, 5.74) is 0.846. The van der Waals surface area contributed by atoms with Gasteiger partial charge in [0.2, 0.25) is 0 Å². The van der Waals surface area contributed by atoms with Gasteiger partial charge in [-0.05, 0) is 12.1 Å². The summed E-state index contributed by atoms with van der Waals surface area (Å²) < 4.78 is 17.0. The Morgan fingerprint density at radius 1 is 1.53 bits per heavy atom. The molecule has 80 valence electrons. The third-order valence-electron chi connectivity index (χ3n) is 1.31. The minimum Gasteiger partial charge on any atom is -0.370 e. The van der Waals surface area contributed by atoms with E-state index in [1.165, 1.54) is 5.43 Å². The molecule has 1 aromatic rings. The molecule has 1 rings (SSSR count). The highest BCUT2D eigenvalue weighted by atomic mass is 35.5. The lowest BCUT2D eigenvalue weighted by molar-refractivity contribution is 0.0611. The molecule has 1 heterocycles. The molecule has 0 bridgehead atoms. The Balaban J connectivity index is 2.91. The molecule has 1 aromatic heterocycles. The average molecular weight is 234 g/mol. The molecule has 0 spiro atoms. The van der Waals surface area contributed by atoms with Gasteiger partial charge in [0.05, 0.1) is 0 Å². The fourth-order valence-electron chi connectivity index (χ4n) is 0.723. The number of hydrogen-bond donors (Lipinski definition) is 2.